The molecule has 1 rings (SSSR count). The van der Waals surface area contributed by atoms with Gasteiger partial charge in [-0.1, -0.05) is 45.4 Å². The topological polar surface area (TPSA) is 63.9 Å². The van der Waals surface area contributed by atoms with Crippen LogP contribution in [0, 0.1) is 0 Å². The van der Waals surface area contributed by atoms with Gasteiger partial charge in [-0.2, -0.15) is 0 Å². The lowest BCUT2D eigenvalue weighted by Crippen LogP contribution is -2.41. The van der Waals surface area contributed by atoms with Crippen LogP contribution in [-0.2, 0) is 0 Å². The maximum absolute atomic E-state index is 9.85. The Bertz CT molecular complexity index is 237. The van der Waals surface area contributed by atoms with Crippen molar-refractivity contribution in [1.29, 1.82) is 0 Å². The second-order valence-electron chi connectivity index (χ2n) is 5.83. The number of unbranched alkanes of at least 4 members (excludes halogenated alkanes) is 6. The molecule has 19 heavy (non-hydrogen) atoms. The van der Waals surface area contributed by atoms with Gasteiger partial charge in [0.25, 0.3) is 0 Å². The second-order valence-corrected chi connectivity index (χ2v) is 5.83. The van der Waals surface area contributed by atoms with Gasteiger partial charge in [0.2, 0.25) is 0 Å². The molecule has 0 aromatic carbocycles. The first-order valence-electron chi connectivity index (χ1n) is 7.86. The molecule has 4 heteroatoms. The first-order chi connectivity index (χ1) is 9.13. The summed E-state index contributed by atoms with van der Waals surface area (Å²) in [6.45, 7) is 4.92. The molecule has 0 saturated carbocycles. The zero-order chi connectivity index (χ0) is 14.3. The highest BCUT2D eigenvalue weighted by Gasteiger charge is 2.44. The molecule has 3 N–H and O–H groups in total. The van der Waals surface area contributed by atoms with Crippen molar-refractivity contribution in [3.63, 3.8) is 0 Å². The normalized spacial score (nSPS) is 32.1. The standard InChI is InChI=1S/C15H31NO3/c1-3-4-5-6-7-8-9-10-16-12(2)14(18)15(19)13(16)11-17/h12-15,17-19H,3-11H2,1-2H3/t12-,13-,14+,15-/m1/s1. The molecular formula is C15H31NO3. The van der Waals surface area contributed by atoms with E-state index < -0.39 is 12.2 Å². The van der Waals surface area contributed by atoms with Crippen molar-refractivity contribution in [3.05, 3.63) is 0 Å². The molecule has 0 aliphatic carbocycles. The average Bonchev–Trinajstić information content (AvgIpc) is 2.62. The molecule has 0 spiro atoms. The van der Waals surface area contributed by atoms with Gasteiger partial charge in [0.05, 0.1) is 24.9 Å². The Labute approximate surface area is 117 Å². The zero-order valence-electron chi connectivity index (χ0n) is 12.5. The third-order valence-electron chi connectivity index (χ3n) is 4.39. The van der Waals surface area contributed by atoms with Crippen molar-refractivity contribution in [2.45, 2.75) is 83.1 Å². The SMILES string of the molecule is CCCCCCCCCN1[C@H](C)[C@H](O)[C@H](O)[C@H]1CO. The molecule has 0 radical (unpaired) electrons. The van der Waals surface area contributed by atoms with Crippen LogP contribution in [0.25, 0.3) is 0 Å². The molecule has 0 aromatic heterocycles. The minimum atomic E-state index is -0.815. The number of hydrogen-bond acceptors (Lipinski definition) is 4. The molecular weight excluding hydrogens is 242 g/mol. The van der Waals surface area contributed by atoms with Crippen LogP contribution in [0.15, 0.2) is 0 Å². The molecule has 114 valence electrons. The van der Waals surface area contributed by atoms with E-state index in [1.54, 1.807) is 0 Å². The third kappa shape index (κ3) is 4.71. The van der Waals surface area contributed by atoms with Crippen LogP contribution in [0.1, 0.15) is 58.8 Å². The van der Waals surface area contributed by atoms with Crippen LogP contribution in [0.5, 0.6) is 0 Å². The van der Waals surface area contributed by atoms with E-state index >= 15 is 0 Å². The molecule has 1 aliphatic rings. The molecule has 0 amide bonds. The van der Waals surface area contributed by atoms with E-state index in [1.807, 2.05) is 6.92 Å². The number of rotatable bonds is 9. The summed E-state index contributed by atoms with van der Waals surface area (Å²) in [7, 11) is 0. The predicted molar refractivity (Wildman–Crippen MR) is 77.0 cm³/mol. The second kappa shape index (κ2) is 8.90. The lowest BCUT2D eigenvalue weighted by Gasteiger charge is -2.27. The fourth-order valence-corrected chi connectivity index (χ4v) is 3.04. The maximum atomic E-state index is 9.85. The van der Waals surface area contributed by atoms with Crippen LogP contribution < -0.4 is 0 Å². The Hall–Kier alpha value is -0.160. The molecule has 0 unspecified atom stereocenters. The minimum Gasteiger partial charge on any atom is -0.395 e. The summed E-state index contributed by atoms with van der Waals surface area (Å²) in [6.07, 6.45) is 7.21. The van der Waals surface area contributed by atoms with Gasteiger partial charge >= 0.3 is 0 Å². The van der Waals surface area contributed by atoms with Crippen molar-refractivity contribution >= 4 is 0 Å². The Balaban J connectivity index is 2.20. The van der Waals surface area contributed by atoms with Gasteiger partial charge in [0.1, 0.15) is 0 Å². The quantitative estimate of drug-likeness (QED) is 0.557. The lowest BCUT2D eigenvalue weighted by molar-refractivity contribution is 0.0188. The molecule has 4 nitrogen and oxygen atoms in total. The highest BCUT2D eigenvalue weighted by Crippen LogP contribution is 2.25. The fraction of sp³-hybridized carbons (Fsp3) is 1.00. The summed E-state index contributed by atoms with van der Waals surface area (Å²) in [6, 6.07) is -0.364. The maximum Gasteiger partial charge on any atom is 0.0991 e. The number of aliphatic hydroxyl groups is 3. The van der Waals surface area contributed by atoms with Crippen LogP contribution in [-0.4, -0.2) is 57.7 Å². The van der Waals surface area contributed by atoms with Gasteiger partial charge in [0.15, 0.2) is 0 Å². The largest absolute Gasteiger partial charge is 0.395 e. The third-order valence-corrected chi connectivity index (χ3v) is 4.39. The summed E-state index contributed by atoms with van der Waals surface area (Å²) in [5, 5.41) is 29.0. The lowest BCUT2D eigenvalue weighted by atomic mass is 10.1. The van der Waals surface area contributed by atoms with E-state index in [1.165, 1.54) is 38.5 Å². The van der Waals surface area contributed by atoms with Gasteiger partial charge < -0.3 is 15.3 Å². The van der Waals surface area contributed by atoms with Crippen LogP contribution in [0.3, 0.4) is 0 Å². The number of likely N-dealkylation sites (tertiary alicyclic amines) is 1. The minimum absolute atomic E-state index is 0.0627. The molecule has 1 heterocycles. The highest BCUT2D eigenvalue weighted by molar-refractivity contribution is 4.98. The van der Waals surface area contributed by atoms with Crippen LogP contribution in [0.2, 0.25) is 0 Å². The van der Waals surface area contributed by atoms with Crippen molar-refractivity contribution in [2.24, 2.45) is 0 Å². The van der Waals surface area contributed by atoms with Crippen molar-refractivity contribution < 1.29 is 15.3 Å². The molecule has 0 aromatic rings. The smallest absolute Gasteiger partial charge is 0.0991 e. The number of nitrogens with zero attached hydrogens (tertiary/aromatic N) is 1. The fourth-order valence-electron chi connectivity index (χ4n) is 3.04. The average molecular weight is 273 g/mol. The molecule has 0 bridgehead atoms. The summed E-state index contributed by atoms with van der Waals surface area (Å²) < 4.78 is 0. The van der Waals surface area contributed by atoms with E-state index in [9.17, 15) is 15.3 Å². The van der Waals surface area contributed by atoms with E-state index in [-0.39, 0.29) is 18.7 Å². The number of hydrogen-bond donors (Lipinski definition) is 3. The number of aliphatic hydroxyl groups excluding tert-OH is 3. The molecule has 1 fully saturated rings. The Morgan fingerprint density at radius 3 is 2.05 bits per heavy atom. The predicted octanol–water partition coefficient (Wildman–Crippen LogP) is 1.52. The van der Waals surface area contributed by atoms with Crippen molar-refractivity contribution in [3.8, 4) is 0 Å². The van der Waals surface area contributed by atoms with Crippen LogP contribution in [0.4, 0.5) is 0 Å². The first kappa shape index (κ1) is 16.9. The summed E-state index contributed by atoms with van der Waals surface area (Å²) in [5.74, 6) is 0. The zero-order valence-corrected chi connectivity index (χ0v) is 12.5. The van der Waals surface area contributed by atoms with Crippen molar-refractivity contribution in [1.82, 2.24) is 4.90 Å². The van der Waals surface area contributed by atoms with Crippen molar-refractivity contribution in [2.75, 3.05) is 13.2 Å². The van der Waals surface area contributed by atoms with Gasteiger partial charge in [-0.05, 0) is 19.9 Å². The van der Waals surface area contributed by atoms with Gasteiger partial charge in [0, 0.05) is 6.04 Å². The molecule has 1 aliphatic heterocycles. The first-order valence-corrected chi connectivity index (χ1v) is 7.86. The van der Waals surface area contributed by atoms with Gasteiger partial charge in [-0.3, -0.25) is 4.90 Å². The molecule has 1 saturated heterocycles. The Morgan fingerprint density at radius 1 is 0.895 bits per heavy atom. The van der Waals surface area contributed by atoms with Crippen LogP contribution >= 0.6 is 0 Å². The Kier molecular flexibility index (Phi) is 7.91. The monoisotopic (exact) mass is 273 g/mol. The van der Waals surface area contributed by atoms with Gasteiger partial charge in [-0.25, -0.2) is 0 Å². The van der Waals surface area contributed by atoms with Gasteiger partial charge in [-0.15, -0.1) is 0 Å². The van der Waals surface area contributed by atoms with E-state index in [0.717, 1.165) is 13.0 Å². The van der Waals surface area contributed by atoms with E-state index in [2.05, 4.69) is 11.8 Å². The summed E-state index contributed by atoms with van der Waals surface area (Å²) >= 11 is 0. The molecule has 4 atom stereocenters. The summed E-state index contributed by atoms with van der Waals surface area (Å²) in [5.41, 5.74) is 0. The summed E-state index contributed by atoms with van der Waals surface area (Å²) in [4.78, 5) is 2.06. The van der Waals surface area contributed by atoms with E-state index in [4.69, 9.17) is 0 Å². The Morgan fingerprint density at radius 2 is 1.47 bits per heavy atom. The van der Waals surface area contributed by atoms with E-state index in [0.29, 0.717) is 0 Å². The highest BCUT2D eigenvalue weighted by atomic mass is 16.3.